The molecule has 1 aromatic carbocycles. The molecule has 1 unspecified atom stereocenters. The van der Waals surface area contributed by atoms with Crippen LogP contribution in [-0.2, 0) is 0 Å². The fraction of sp³-hybridized carbons (Fsp3) is 0.600. The second-order valence-corrected chi connectivity index (χ2v) is 5.17. The molecule has 1 saturated heterocycles. The van der Waals surface area contributed by atoms with Crippen LogP contribution < -0.4 is 15.2 Å². The quantitative estimate of drug-likeness (QED) is 0.830. The van der Waals surface area contributed by atoms with Gasteiger partial charge in [0.2, 0.25) is 0 Å². The van der Waals surface area contributed by atoms with Crippen molar-refractivity contribution in [2.75, 3.05) is 33.0 Å². The first-order valence-electron chi connectivity index (χ1n) is 6.97. The van der Waals surface area contributed by atoms with Gasteiger partial charge in [0.1, 0.15) is 11.5 Å². The zero-order chi connectivity index (χ0) is 13.7. The Morgan fingerprint density at radius 1 is 1.37 bits per heavy atom. The molecule has 0 saturated carbocycles. The number of anilines is 1. The maximum atomic E-state index is 5.90. The molecule has 1 atom stereocenters. The minimum atomic E-state index is 0.639. The lowest BCUT2D eigenvalue weighted by Crippen LogP contribution is -2.37. The fourth-order valence-electron chi connectivity index (χ4n) is 2.58. The first kappa shape index (κ1) is 14.0. The first-order chi connectivity index (χ1) is 9.20. The Bertz CT molecular complexity index is 409. The number of nitrogens with zero attached hydrogens (tertiary/aromatic N) is 1. The van der Waals surface area contributed by atoms with Crippen molar-refractivity contribution in [2.24, 2.45) is 0 Å². The monoisotopic (exact) mass is 264 g/mol. The lowest BCUT2D eigenvalue weighted by atomic mass is 10.0. The van der Waals surface area contributed by atoms with Gasteiger partial charge < -0.3 is 20.1 Å². The van der Waals surface area contributed by atoms with Gasteiger partial charge in [-0.15, -0.1) is 0 Å². The van der Waals surface area contributed by atoms with E-state index in [0.717, 1.165) is 17.9 Å². The van der Waals surface area contributed by atoms with Crippen molar-refractivity contribution in [3.8, 4) is 11.5 Å². The summed E-state index contributed by atoms with van der Waals surface area (Å²) in [7, 11) is 3.84. The summed E-state index contributed by atoms with van der Waals surface area (Å²) in [5, 5.41) is 0. The van der Waals surface area contributed by atoms with Crippen molar-refractivity contribution in [1.29, 1.82) is 0 Å². The lowest BCUT2D eigenvalue weighted by molar-refractivity contribution is 0.153. The summed E-state index contributed by atoms with van der Waals surface area (Å²) < 4.78 is 11.0. The molecule has 0 radical (unpaired) electrons. The first-order valence-corrected chi connectivity index (χ1v) is 6.97. The van der Waals surface area contributed by atoms with E-state index < -0.39 is 0 Å². The zero-order valence-electron chi connectivity index (χ0n) is 11.9. The van der Waals surface area contributed by atoms with Crippen molar-refractivity contribution >= 4 is 5.69 Å². The molecule has 1 aliphatic rings. The van der Waals surface area contributed by atoms with Crippen LogP contribution in [0.3, 0.4) is 0 Å². The van der Waals surface area contributed by atoms with Gasteiger partial charge in [0.15, 0.2) is 0 Å². The summed E-state index contributed by atoms with van der Waals surface area (Å²) in [5.41, 5.74) is 6.56. The summed E-state index contributed by atoms with van der Waals surface area (Å²) in [6.07, 6.45) is 4.97. The Hall–Kier alpha value is -1.42. The largest absolute Gasteiger partial charge is 0.497 e. The Balaban J connectivity index is 1.84. The van der Waals surface area contributed by atoms with Gasteiger partial charge in [0.25, 0.3) is 0 Å². The molecule has 1 heterocycles. The maximum Gasteiger partial charge on any atom is 0.145 e. The Kier molecular flexibility index (Phi) is 4.91. The van der Waals surface area contributed by atoms with E-state index in [1.807, 2.05) is 18.2 Å². The molecule has 0 spiro atoms. The molecule has 4 nitrogen and oxygen atoms in total. The summed E-state index contributed by atoms with van der Waals surface area (Å²) in [4.78, 5) is 2.43. The summed E-state index contributed by atoms with van der Waals surface area (Å²) in [5.74, 6) is 1.50. The SMILES string of the molecule is COc1ccc(N)c(OCCC2CCCCN2C)c1. The minimum Gasteiger partial charge on any atom is -0.497 e. The van der Waals surface area contributed by atoms with E-state index in [9.17, 15) is 0 Å². The highest BCUT2D eigenvalue weighted by Gasteiger charge is 2.18. The van der Waals surface area contributed by atoms with Crippen molar-refractivity contribution in [2.45, 2.75) is 31.7 Å². The van der Waals surface area contributed by atoms with Crippen LogP contribution in [0, 0.1) is 0 Å². The van der Waals surface area contributed by atoms with E-state index in [4.69, 9.17) is 15.2 Å². The van der Waals surface area contributed by atoms with Crippen molar-refractivity contribution < 1.29 is 9.47 Å². The number of hydrogen-bond acceptors (Lipinski definition) is 4. The molecular weight excluding hydrogens is 240 g/mol. The number of likely N-dealkylation sites (tertiary alicyclic amines) is 1. The average molecular weight is 264 g/mol. The van der Waals surface area contributed by atoms with Crippen LogP contribution in [0.4, 0.5) is 5.69 Å². The van der Waals surface area contributed by atoms with Crippen molar-refractivity contribution in [1.82, 2.24) is 4.90 Å². The number of piperidine rings is 1. The number of hydrogen-bond donors (Lipinski definition) is 1. The van der Waals surface area contributed by atoms with Gasteiger partial charge >= 0.3 is 0 Å². The highest BCUT2D eigenvalue weighted by Crippen LogP contribution is 2.27. The van der Waals surface area contributed by atoms with Gasteiger partial charge in [0, 0.05) is 12.1 Å². The third kappa shape index (κ3) is 3.77. The van der Waals surface area contributed by atoms with E-state index in [1.54, 1.807) is 7.11 Å². The van der Waals surface area contributed by atoms with Gasteiger partial charge in [-0.1, -0.05) is 6.42 Å². The van der Waals surface area contributed by atoms with Crippen molar-refractivity contribution in [3.63, 3.8) is 0 Å². The zero-order valence-corrected chi connectivity index (χ0v) is 11.9. The molecule has 0 aromatic heterocycles. The fourth-order valence-corrected chi connectivity index (χ4v) is 2.58. The number of benzene rings is 1. The molecule has 106 valence electrons. The normalized spacial score (nSPS) is 20.2. The Labute approximate surface area is 115 Å². The molecule has 4 heteroatoms. The van der Waals surface area contributed by atoms with E-state index in [0.29, 0.717) is 18.3 Å². The summed E-state index contributed by atoms with van der Waals surface area (Å²) in [6, 6.07) is 6.15. The third-order valence-electron chi connectivity index (χ3n) is 3.85. The number of ether oxygens (including phenoxy) is 2. The molecule has 2 rings (SSSR count). The maximum absolute atomic E-state index is 5.90. The van der Waals surface area contributed by atoms with Crippen LogP contribution in [0.25, 0.3) is 0 Å². The van der Waals surface area contributed by atoms with Crippen LogP contribution in [0.5, 0.6) is 11.5 Å². The second-order valence-electron chi connectivity index (χ2n) is 5.17. The van der Waals surface area contributed by atoms with Crippen LogP contribution in [0.2, 0.25) is 0 Å². The van der Waals surface area contributed by atoms with E-state index in [-0.39, 0.29) is 0 Å². The third-order valence-corrected chi connectivity index (χ3v) is 3.85. The van der Waals surface area contributed by atoms with Gasteiger partial charge in [-0.25, -0.2) is 0 Å². The number of nitrogens with two attached hydrogens (primary N) is 1. The van der Waals surface area contributed by atoms with Gasteiger partial charge in [-0.2, -0.15) is 0 Å². The molecule has 0 bridgehead atoms. The number of nitrogen functional groups attached to an aromatic ring is 1. The standard InChI is InChI=1S/C15H24N2O2/c1-17-9-4-3-5-12(17)8-10-19-15-11-13(18-2)6-7-14(15)16/h6-7,11-12H,3-5,8-10,16H2,1-2H3. The predicted octanol–water partition coefficient (Wildman–Crippen LogP) is 2.53. The molecule has 0 amide bonds. The van der Waals surface area contributed by atoms with Crippen LogP contribution in [0.1, 0.15) is 25.7 Å². The van der Waals surface area contributed by atoms with E-state index in [1.165, 1.54) is 25.8 Å². The number of methoxy groups -OCH3 is 1. The Morgan fingerprint density at radius 3 is 2.95 bits per heavy atom. The summed E-state index contributed by atoms with van der Waals surface area (Å²) >= 11 is 0. The van der Waals surface area contributed by atoms with Gasteiger partial charge in [-0.3, -0.25) is 0 Å². The molecule has 1 aromatic rings. The molecule has 1 aliphatic heterocycles. The highest BCUT2D eigenvalue weighted by molar-refractivity contribution is 5.55. The topological polar surface area (TPSA) is 47.7 Å². The molecule has 1 fully saturated rings. The van der Waals surface area contributed by atoms with Crippen molar-refractivity contribution in [3.05, 3.63) is 18.2 Å². The van der Waals surface area contributed by atoms with E-state index in [2.05, 4.69) is 11.9 Å². The molecule has 0 aliphatic carbocycles. The molecule has 2 N–H and O–H groups in total. The lowest BCUT2D eigenvalue weighted by Gasteiger charge is -2.32. The van der Waals surface area contributed by atoms with Gasteiger partial charge in [-0.05, 0) is 45.0 Å². The molecule has 19 heavy (non-hydrogen) atoms. The number of rotatable bonds is 5. The Morgan fingerprint density at radius 2 is 2.21 bits per heavy atom. The van der Waals surface area contributed by atoms with Crippen LogP contribution in [-0.4, -0.2) is 38.3 Å². The van der Waals surface area contributed by atoms with Gasteiger partial charge in [0.05, 0.1) is 19.4 Å². The highest BCUT2D eigenvalue weighted by atomic mass is 16.5. The minimum absolute atomic E-state index is 0.639. The molecular formula is C15H24N2O2. The van der Waals surface area contributed by atoms with Crippen LogP contribution >= 0.6 is 0 Å². The summed E-state index contributed by atoms with van der Waals surface area (Å²) in [6.45, 7) is 1.90. The van der Waals surface area contributed by atoms with Crippen LogP contribution in [0.15, 0.2) is 18.2 Å². The van der Waals surface area contributed by atoms with E-state index >= 15 is 0 Å². The second kappa shape index (κ2) is 6.66. The average Bonchev–Trinajstić information content (AvgIpc) is 2.43. The predicted molar refractivity (Wildman–Crippen MR) is 77.8 cm³/mol. The smallest absolute Gasteiger partial charge is 0.145 e.